The molecule has 9 N–H and O–H groups in total. The number of guanidine groups is 1. The number of ketones is 2. The Morgan fingerprint density at radius 1 is 0.754 bits per heavy atom. The molecule has 0 aliphatic carbocycles. The van der Waals surface area contributed by atoms with Gasteiger partial charge in [0.2, 0.25) is 17.7 Å². The molecule has 0 unspecified atom stereocenters. The van der Waals surface area contributed by atoms with Gasteiger partial charge < -0.3 is 42.3 Å². The summed E-state index contributed by atoms with van der Waals surface area (Å²) in [7, 11) is 0. The standard InChI is InChI=1S/C49H62N10O6/c1-3-22-59(23-4-2)48(65)43(27-37-29-54-41-20-12-11-19-40(37)41)58-46(63)35(18-13-21-53-49(50)51)28-44(61)42(24-33-14-7-5-8-15-33)57-47(64)36(25-38-30-52-32-56-38)26-39(60)31-55-45(62)34-16-9-6-10-17-34/h5-12,14-17,19-20,29-30,32,35-36,42-43,54H,3-4,13,18,21-28,31H2,1-2H3,(H,52,56)(H,55,62)(H,57,64)(H,58,63)(H4,50,51,53)/t35-,36-,42-,43+/m1/s1. The van der Waals surface area contributed by atoms with E-state index in [4.69, 9.17) is 11.5 Å². The number of nitrogens with zero attached hydrogens (tertiary/aromatic N) is 3. The van der Waals surface area contributed by atoms with Crippen LogP contribution in [0.25, 0.3) is 10.9 Å². The summed E-state index contributed by atoms with van der Waals surface area (Å²) in [4.78, 5) is 100. The number of rotatable bonds is 27. The first-order valence-corrected chi connectivity index (χ1v) is 22.3. The van der Waals surface area contributed by atoms with E-state index in [1.54, 1.807) is 41.4 Å². The molecule has 0 fully saturated rings. The van der Waals surface area contributed by atoms with Gasteiger partial charge in [-0.3, -0.25) is 33.8 Å². The van der Waals surface area contributed by atoms with E-state index < -0.39 is 47.4 Å². The summed E-state index contributed by atoms with van der Waals surface area (Å²) in [6.45, 7) is 4.93. The topological polar surface area (TPSA) is 251 Å². The number of nitrogens with one attached hydrogen (secondary N) is 5. The van der Waals surface area contributed by atoms with E-state index >= 15 is 0 Å². The van der Waals surface area contributed by atoms with Gasteiger partial charge in [-0.1, -0.05) is 80.6 Å². The molecular weight excluding hydrogens is 825 g/mol. The minimum Gasteiger partial charge on any atom is -0.370 e. The second-order valence-corrected chi connectivity index (χ2v) is 16.3. The Balaban J connectivity index is 1.39. The average molecular weight is 887 g/mol. The molecule has 4 amide bonds. The average Bonchev–Trinajstić information content (AvgIpc) is 3.98. The van der Waals surface area contributed by atoms with Gasteiger partial charge in [0.15, 0.2) is 17.5 Å². The number of fused-ring (bicyclic) bond motifs is 1. The molecule has 0 aliphatic heterocycles. The van der Waals surface area contributed by atoms with Crippen LogP contribution >= 0.6 is 0 Å². The van der Waals surface area contributed by atoms with Crippen LogP contribution in [0.3, 0.4) is 0 Å². The molecule has 65 heavy (non-hydrogen) atoms. The molecule has 0 spiro atoms. The number of H-pyrrole nitrogens is 2. The SMILES string of the molecule is CCCN(CCC)C(=O)[C@H](Cc1c[nH]c2ccccc12)NC(=O)[C@H](CCCN=C(N)N)CC(=O)[C@@H](Cc1ccccc1)NC(=O)[C@@H](CC(=O)CNC(=O)c1ccccc1)Cc1cnc[nH]1. The van der Waals surface area contributed by atoms with E-state index in [-0.39, 0.29) is 69.3 Å². The molecule has 0 bridgehead atoms. The zero-order valence-corrected chi connectivity index (χ0v) is 37.3. The molecule has 0 radical (unpaired) electrons. The number of hydrogen-bond donors (Lipinski definition) is 7. The van der Waals surface area contributed by atoms with Gasteiger partial charge in [-0.15, -0.1) is 0 Å². The largest absolute Gasteiger partial charge is 0.370 e. The number of benzene rings is 3. The third-order valence-corrected chi connectivity index (χ3v) is 11.2. The van der Waals surface area contributed by atoms with Gasteiger partial charge in [-0.05, 0) is 61.4 Å². The number of imidazole rings is 1. The molecule has 2 aromatic heterocycles. The van der Waals surface area contributed by atoms with Crippen LogP contribution in [-0.4, -0.2) is 99.3 Å². The van der Waals surface area contributed by atoms with Crippen molar-refractivity contribution in [3.05, 3.63) is 126 Å². The number of aromatic amines is 2. The molecule has 344 valence electrons. The highest BCUT2D eigenvalue weighted by Crippen LogP contribution is 2.22. The van der Waals surface area contributed by atoms with Gasteiger partial charge in [0.05, 0.1) is 24.8 Å². The summed E-state index contributed by atoms with van der Waals surface area (Å²) in [5.74, 6) is -4.45. The summed E-state index contributed by atoms with van der Waals surface area (Å²) < 4.78 is 0. The van der Waals surface area contributed by atoms with Crippen molar-refractivity contribution in [3.63, 3.8) is 0 Å². The van der Waals surface area contributed by atoms with Crippen LogP contribution in [0.1, 0.15) is 79.6 Å². The fraction of sp³-hybridized carbons (Fsp3) is 0.388. The minimum absolute atomic E-state index is 0.102. The number of Topliss-reactive ketones (excluding diaryl/α,β-unsaturated/α-hetero) is 2. The second kappa shape index (κ2) is 25.3. The molecule has 16 heteroatoms. The Labute approximate surface area is 379 Å². The lowest BCUT2D eigenvalue weighted by Gasteiger charge is -2.29. The van der Waals surface area contributed by atoms with Crippen molar-refractivity contribution in [2.24, 2.45) is 28.3 Å². The number of aromatic nitrogens is 3. The maximum Gasteiger partial charge on any atom is 0.251 e. The van der Waals surface area contributed by atoms with Crippen LogP contribution in [0, 0.1) is 11.8 Å². The van der Waals surface area contributed by atoms with Gasteiger partial charge in [0.1, 0.15) is 6.04 Å². The van der Waals surface area contributed by atoms with E-state index in [0.717, 1.165) is 34.9 Å². The van der Waals surface area contributed by atoms with Crippen LogP contribution in [0.2, 0.25) is 0 Å². The zero-order chi connectivity index (χ0) is 46.6. The lowest BCUT2D eigenvalue weighted by molar-refractivity contribution is -0.138. The summed E-state index contributed by atoms with van der Waals surface area (Å²) in [5.41, 5.74) is 14.7. The molecule has 2 heterocycles. The molecule has 0 saturated heterocycles. The Morgan fingerprint density at radius 3 is 2.09 bits per heavy atom. The van der Waals surface area contributed by atoms with E-state index in [0.29, 0.717) is 30.8 Å². The number of aliphatic imine (C=N–C) groups is 1. The Morgan fingerprint density at radius 2 is 1.42 bits per heavy atom. The summed E-state index contributed by atoms with van der Waals surface area (Å²) in [5, 5.41) is 9.55. The fourth-order valence-electron chi connectivity index (χ4n) is 7.88. The van der Waals surface area contributed by atoms with Crippen LogP contribution in [0.15, 0.2) is 109 Å². The number of amides is 4. The highest BCUT2D eigenvalue weighted by Gasteiger charge is 2.34. The fourth-order valence-corrected chi connectivity index (χ4v) is 7.88. The van der Waals surface area contributed by atoms with E-state index in [9.17, 15) is 28.8 Å². The highest BCUT2D eigenvalue weighted by atomic mass is 16.2. The lowest BCUT2D eigenvalue weighted by atomic mass is 9.89. The predicted molar refractivity (Wildman–Crippen MR) is 250 cm³/mol. The Bertz CT molecular complexity index is 2340. The molecular formula is C49H62N10O6. The van der Waals surface area contributed by atoms with Crippen molar-refractivity contribution in [2.45, 2.75) is 83.7 Å². The van der Waals surface area contributed by atoms with Crippen molar-refractivity contribution in [1.82, 2.24) is 35.8 Å². The third kappa shape index (κ3) is 15.3. The first-order valence-electron chi connectivity index (χ1n) is 22.3. The van der Waals surface area contributed by atoms with Crippen LogP contribution in [0.5, 0.6) is 0 Å². The van der Waals surface area contributed by atoms with Crippen LogP contribution in [-0.2, 0) is 43.2 Å². The quantitative estimate of drug-likeness (QED) is 0.0227. The minimum atomic E-state index is -1.09. The van der Waals surface area contributed by atoms with Crippen LogP contribution in [0.4, 0.5) is 0 Å². The maximum atomic E-state index is 14.6. The first kappa shape index (κ1) is 48.9. The van der Waals surface area contributed by atoms with E-state index in [2.05, 4.69) is 35.9 Å². The Kier molecular flexibility index (Phi) is 19.0. The molecule has 3 aromatic carbocycles. The molecule has 5 rings (SSSR count). The van der Waals surface area contributed by atoms with E-state index in [1.807, 2.05) is 74.6 Å². The zero-order valence-electron chi connectivity index (χ0n) is 37.3. The van der Waals surface area contributed by atoms with Gasteiger partial charge >= 0.3 is 0 Å². The van der Waals surface area contributed by atoms with Crippen molar-refractivity contribution in [1.29, 1.82) is 0 Å². The lowest BCUT2D eigenvalue weighted by Crippen LogP contribution is -2.52. The first-order chi connectivity index (χ1) is 31.4. The number of para-hydroxylation sites is 1. The van der Waals surface area contributed by atoms with Crippen molar-refractivity contribution < 1.29 is 28.8 Å². The molecule has 0 saturated carbocycles. The maximum absolute atomic E-state index is 14.6. The molecule has 0 aliphatic rings. The molecule has 16 nitrogen and oxygen atoms in total. The predicted octanol–water partition coefficient (Wildman–Crippen LogP) is 4.17. The number of carbonyl (C=O) groups is 6. The third-order valence-electron chi connectivity index (χ3n) is 11.2. The number of hydrogen-bond acceptors (Lipinski definition) is 8. The summed E-state index contributed by atoms with van der Waals surface area (Å²) in [6.07, 6.45) is 6.81. The number of carbonyl (C=O) groups excluding carboxylic acids is 6. The monoisotopic (exact) mass is 886 g/mol. The molecule has 5 aromatic rings. The smallest absolute Gasteiger partial charge is 0.251 e. The number of nitrogens with two attached hydrogens (primary N) is 2. The van der Waals surface area contributed by atoms with Crippen molar-refractivity contribution in [3.8, 4) is 0 Å². The Hall–Kier alpha value is -7.10. The normalized spacial score (nSPS) is 12.9. The molecule has 4 atom stereocenters. The van der Waals surface area contributed by atoms with Gasteiger partial charge in [-0.2, -0.15) is 0 Å². The second-order valence-electron chi connectivity index (χ2n) is 16.3. The van der Waals surface area contributed by atoms with Crippen LogP contribution < -0.4 is 27.4 Å². The highest BCUT2D eigenvalue weighted by molar-refractivity contribution is 5.98. The summed E-state index contributed by atoms with van der Waals surface area (Å²) >= 11 is 0. The van der Waals surface area contributed by atoms with E-state index in [1.165, 1.54) is 6.33 Å². The van der Waals surface area contributed by atoms with Gasteiger partial charge in [-0.25, -0.2) is 4.98 Å². The van der Waals surface area contributed by atoms with Crippen molar-refractivity contribution in [2.75, 3.05) is 26.2 Å². The van der Waals surface area contributed by atoms with Gasteiger partial charge in [0.25, 0.3) is 5.91 Å². The van der Waals surface area contributed by atoms with Gasteiger partial charge in [0, 0.05) is 85.8 Å². The van der Waals surface area contributed by atoms with Crippen molar-refractivity contribution >= 4 is 52.1 Å². The summed E-state index contributed by atoms with van der Waals surface area (Å²) in [6, 6.07) is 23.4.